The first kappa shape index (κ1) is 41.9. The zero-order valence-electron chi connectivity index (χ0n) is 33.2. The number of aliphatic hydroxyl groups excluding tert-OH is 8. The van der Waals surface area contributed by atoms with Crippen LogP contribution in [0, 0.1) is 50.2 Å². The molecular weight excluding hydrogens is 716 g/mol. The number of aliphatic hydroxyl groups is 8. The summed E-state index contributed by atoms with van der Waals surface area (Å²) in [5, 5.41) is 96.6. The van der Waals surface area contributed by atoms with Crippen molar-refractivity contribution in [2.24, 2.45) is 50.2 Å². The van der Waals surface area contributed by atoms with E-state index in [0.717, 1.165) is 38.5 Å². The molecule has 2 heterocycles. The van der Waals surface area contributed by atoms with Crippen LogP contribution in [-0.2, 0) is 23.7 Å². The van der Waals surface area contributed by atoms with Crippen LogP contribution in [0.4, 0.5) is 0 Å². The van der Waals surface area contributed by atoms with Gasteiger partial charge in [0.15, 0.2) is 12.6 Å². The third-order valence-corrected chi connectivity index (χ3v) is 17.0. The number of carboxylic acids is 1. The van der Waals surface area contributed by atoms with Gasteiger partial charge in [-0.25, -0.2) is 0 Å². The van der Waals surface area contributed by atoms with Crippen LogP contribution in [0.3, 0.4) is 0 Å². The van der Waals surface area contributed by atoms with Gasteiger partial charge in [-0.15, -0.1) is 0 Å². The molecule has 14 heteroatoms. The first-order valence-corrected chi connectivity index (χ1v) is 20.5. The smallest absolute Gasteiger partial charge is 0.312 e. The molecule has 7 aliphatic rings. The van der Waals surface area contributed by atoms with E-state index in [1.165, 1.54) is 5.57 Å². The van der Waals surface area contributed by atoms with E-state index in [1.54, 1.807) is 0 Å². The fraction of sp³-hybridized carbons (Fsp3) is 0.927. The van der Waals surface area contributed by atoms with Gasteiger partial charge in [0.1, 0.15) is 48.1 Å². The summed E-state index contributed by atoms with van der Waals surface area (Å²) in [6, 6.07) is 0. The van der Waals surface area contributed by atoms with Crippen molar-refractivity contribution in [2.45, 2.75) is 167 Å². The third kappa shape index (κ3) is 6.05. The van der Waals surface area contributed by atoms with E-state index in [1.807, 2.05) is 6.92 Å². The lowest BCUT2D eigenvalue weighted by Gasteiger charge is -2.71. The number of fused-ring (bicyclic) bond motifs is 7. The summed E-state index contributed by atoms with van der Waals surface area (Å²) in [5.41, 5.74) is -1.75. The highest BCUT2D eigenvalue weighted by Gasteiger charge is 2.72. The number of hydrogen-bond donors (Lipinski definition) is 9. The Morgan fingerprint density at radius 1 is 0.818 bits per heavy atom. The van der Waals surface area contributed by atoms with Crippen LogP contribution >= 0.6 is 0 Å². The highest BCUT2D eigenvalue weighted by molar-refractivity contribution is 5.77. The minimum Gasteiger partial charge on any atom is -0.481 e. The van der Waals surface area contributed by atoms with E-state index in [-0.39, 0.29) is 47.2 Å². The molecule has 314 valence electrons. The highest BCUT2D eigenvalue weighted by Crippen LogP contribution is 2.76. The van der Waals surface area contributed by atoms with Crippen molar-refractivity contribution in [1.29, 1.82) is 0 Å². The van der Waals surface area contributed by atoms with Crippen molar-refractivity contribution in [2.75, 3.05) is 19.8 Å². The molecule has 6 fully saturated rings. The zero-order valence-corrected chi connectivity index (χ0v) is 33.2. The lowest BCUT2D eigenvalue weighted by molar-refractivity contribution is -0.368. The van der Waals surface area contributed by atoms with E-state index in [0.29, 0.717) is 19.3 Å². The average molecular weight is 783 g/mol. The Kier molecular flexibility index (Phi) is 10.8. The van der Waals surface area contributed by atoms with Crippen molar-refractivity contribution in [3.8, 4) is 0 Å². The van der Waals surface area contributed by atoms with Crippen LogP contribution in [0.1, 0.15) is 99.3 Å². The fourth-order valence-electron chi connectivity index (χ4n) is 13.5. The topological polar surface area (TPSA) is 236 Å². The highest BCUT2D eigenvalue weighted by atomic mass is 16.8. The third-order valence-electron chi connectivity index (χ3n) is 17.0. The van der Waals surface area contributed by atoms with Gasteiger partial charge in [0.05, 0.1) is 32.0 Å². The predicted octanol–water partition coefficient (Wildman–Crippen LogP) is 1.46. The monoisotopic (exact) mass is 782 g/mol. The Bertz CT molecular complexity index is 1490. The Labute approximate surface area is 323 Å². The van der Waals surface area contributed by atoms with E-state index >= 15 is 0 Å². The lowest BCUT2D eigenvalue weighted by atomic mass is 9.33. The van der Waals surface area contributed by atoms with Crippen molar-refractivity contribution in [3.63, 3.8) is 0 Å². The van der Waals surface area contributed by atoms with E-state index in [2.05, 4.69) is 40.7 Å². The van der Waals surface area contributed by atoms with Crippen LogP contribution in [0.15, 0.2) is 11.6 Å². The molecule has 19 unspecified atom stereocenters. The maximum absolute atomic E-state index is 13.1. The van der Waals surface area contributed by atoms with Gasteiger partial charge >= 0.3 is 5.97 Å². The van der Waals surface area contributed by atoms with E-state index < -0.39 is 96.3 Å². The molecule has 7 rings (SSSR count). The molecule has 2 aliphatic heterocycles. The molecule has 0 amide bonds. The average Bonchev–Trinajstić information content (AvgIpc) is 3.12. The Balaban J connectivity index is 1.16. The molecule has 55 heavy (non-hydrogen) atoms. The number of rotatable bonds is 7. The first-order valence-electron chi connectivity index (χ1n) is 20.5. The molecule has 2 saturated heterocycles. The zero-order chi connectivity index (χ0) is 40.3. The van der Waals surface area contributed by atoms with E-state index in [4.69, 9.17) is 18.9 Å². The van der Waals surface area contributed by atoms with Gasteiger partial charge in [-0.2, -0.15) is 0 Å². The van der Waals surface area contributed by atoms with E-state index in [9.17, 15) is 50.8 Å². The van der Waals surface area contributed by atoms with Crippen LogP contribution in [0.2, 0.25) is 0 Å². The summed E-state index contributed by atoms with van der Waals surface area (Å²) in [6.45, 7) is 12.2. The van der Waals surface area contributed by atoms with Gasteiger partial charge in [-0.3, -0.25) is 4.79 Å². The molecule has 0 aromatic rings. The maximum Gasteiger partial charge on any atom is 0.312 e. The Hall–Kier alpha value is -1.27. The van der Waals surface area contributed by atoms with Gasteiger partial charge in [0.25, 0.3) is 0 Å². The second kappa shape index (κ2) is 14.2. The van der Waals surface area contributed by atoms with Crippen LogP contribution < -0.4 is 0 Å². The minimum atomic E-state index is -1.75. The normalized spacial score (nSPS) is 54.9. The van der Waals surface area contributed by atoms with Gasteiger partial charge in [0.2, 0.25) is 0 Å². The SMILES string of the molecule is CC1(C)CCC2(C(=O)O)C(O)CC3(C)C(=CCC4C5(C)CCC(OC6OCC(O)C(O)C6OC6OC(CO)C(O)C(O)C6O)C(C)(CO)C5CCC43C)C2C1. The number of carboxylic acid groups (broad SMARTS) is 1. The first-order chi connectivity index (χ1) is 25.6. The number of allylic oxidation sites excluding steroid dienone is 2. The van der Waals surface area contributed by atoms with Crippen LogP contribution in [0.25, 0.3) is 0 Å². The number of carbonyl (C=O) groups is 1. The predicted molar refractivity (Wildman–Crippen MR) is 195 cm³/mol. The molecule has 0 aromatic heterocycles. The summed E-state index contributed by atoms with van der Waals surface area (Å²) in [5.74, 6) is -0.983. The Morgan fingerprint density at radius 2 is 1.53 bits per heavy atom. The molecule has 0 aromatic carbocycles. The van der Waals surface area contributed by atoms with Crippen molar-refractivity contribution in [3.05, 3.63) is 11.6 Å². The van der Waals surface area contributed by atoms with Crippen molar-refractivity contribution in [1.82, 2.24) is 0 Å². The van der Waals surface area contributed by atoms with Crippen LogP contribution in [-0.4, -0.2) is 139 Å². The number of ether oxygens (including phenoxy) is 4. The molecule has 19 atom stereocenters. The van der Waals surface area contributed by atoms with Crippen molar-refractivity contribution >= 4 is 5.97 Å². The van der Waals surface area contributed by atoms with Gasteiger partial charge in [-0.1, -0.05) is 53.2 Å². The second-order valence-electron chi connectivity index (χ2n) is 20.2. The molecule has 0 spiro atoms. The molecule has 9 N–H and O–H groups in total. The molecule has 4 saturated carbocycles. The van der Waals surface area contributed by atoms with Crippen molar-refractivity contribution < 1.29 is 69.7 Å². The Morgan fingerprint density at radius 3 is 2.18 bits per heavy atom. The summed E-state index contributed by atoms with van der Waals surface area (Å²) in [7, 11) is 0. The quantitative estimate of drug-likeness (QED) is 0.132. The molecule has 5 aliphatic carbocycles. The lowest BCUT2D eigenvalue weighted by Crippen LogP contribution is -2.68. The molecule has 14 nitrogen and oxygen atoms in total. The summed E-state index contributed by atoms with van der Waals surface area (Å²) >= 11 is 0. The minimum absolute atomic E-state index is 0.00969. The number of hydrogen-bond acceptors (Lipinski definition) is 13. The van der Waals surface area contributed by atoms with Gasteiger partial charge in [0, 0.05) is 5.41 Å². The standard InChI is InChI=1S/C41H66O14/c1-36(2)13-14-41(35(50)51)21(15-36)20-7-8-25-37(3)11-10-27(38(4,19-43)24(37)9-12-39(25,5)40(20,6)16-26(41)45)54-34-32(28(46)22(44)18-52-34)55-33-31(49)30(48)29(47)23(17-42)53-33/h7,21-34,42-49H,8-19H2,1-6H3,(H,50,51). The van der Waals surface area contributed by atoms with Gasteiger partial charge in [-0.05, 0) is 97.2 Å². The van der Waals surface area contributed by atoms with Gasteiger partial charge < -0.3 is 64.9 Å². The number of aliphatic carboxylic acids is 1. The molecule has 0 bridgehead atoms. The summed E-state index contributed by atoms with van der Waals surface area (Å²) in [6.07, 6.45) is -6.79. The fourth-order valence-corrected chi connectivity index (χ4v) is 13.5. The summed E-state index contributed by atoms with van der Waals surface area (Å²) in [4.78, 5) is 13.1. The molecule has 0 radical (unpaired) electrons. The summed E-state index contributed by atoms with van der Waals surface area (Å²) < 4.78 is 24.1. The largest absolute Gasteiger partial charge is 0.481 e. The second-order valence-corrected chi connectivity index (χ2v) is 20.2. The maximum atomic E-state index is 13.1. The van der Waals surface area contributed by atoms with Crippen LogP contribution in [0.5, 0.6) is 0 Å². The molecular formula is C41H66O14.